The van der Waals surface area contributed by atoms with Crippen molar-refractivity contribution < 1.29 is 23.4 Å². The van der Waals surface area contributed by atoms with E-state index in [1.54, 1.807) is 36.7 Å². The maximum absolute atomic E-state index is 13.6. The number of carbonyl (C=O) groups is 1. The third kappa shape index (κ3) is 3.69. The predicted octanol–water partition coefficient (Wildman–Crippen LogP) is 3.69. The molecular weight excluding hydrogens is 442 g/mol. The van der Waals surface area contributed by atoms with Crippen molar-refractivity contribution in [3.8, 4) is 5.75 Å². The Morgan fingerprint density at radius 1 is 1.12 bits per heavy atom. The summed E-state index contributed by atoms with van der Waals surface area (Å²) in [6.07, 6.45) is 9.29. The van der Waals surface area contributed by atoms with Gasteiger partial charge < -0.3 is 15.2 Å². The zero-order chi connectivity index (χ0) is 23.2. The Labute approximate surface area is 191 Å². The van der Waals surface area contributed by atoms with Crippen LogP contribution in [0.3, 0.4) is 0 Å². The lowest BCUT2D eigenvalue weighted by molar-refractivity contribution is -0.131. The molecule has 2 aliphatic rings. The summed E-state index contributed by atoms with van der Waals surface area (Å²) in [7, 11) is -3.78. The Kier molecular flexibility index (Phi) is 5.22. The van der Waals surface area contributed by atoms with E-state index in [0.717, 1.165) is 41.0 Å². The normalized spacial score (nSPS) is 18.9. The number of nitrogens with zero attached hydrogens (tertiary/aromatic N) is 2. The molecule has 9 heteroatoms. The fraction of sp³-hybridized carbons (Fsp3) is 0.208. The minimum absolute atomic E-state index is 0.0911. The van der Waals surface area contributed by atoms with Gasteiger partial charge in [0.1, 0.15) is 5.75 Å². The van der Waals surface area contributed by atoms with Gasteiger partial charge in [-0.25, -0.2) is 4.79 Å². The van der Waals surface area contributed by atoms with Crippen LogP contribution >= 0.6 is 0 Å². The minimum atomic E-state index is -3.78. The number of nitrogens with one attached hydrogen (secondary N) is 1. The van der Waals surface area contributed by atoms with E-state index >= 15 is 0 Å². The standard InChI is InChI=1S/C24H23N3O5S/c28-21-5-3-4-19-20(15-25-23(19)21)24-18-8-6-16(7-9-22(29)30)14-17(18)10-13-27(24)33(31,32)26-11-1-2-12-26/h3-10,13-15,24-25,28H,1-2,11-12H2,(H,29,30)/b9-7+. The van der Waals surface area contributed by atoms with Crippen LogP contribution in [0, 0.1) is 0 Å². The van der Waals surface area contributed by atoms with E-state index in [1.165, 1.54) is 14.7 Å². The number of carboxylic acid groups (broad SMARTS) is 1. The number of phenols is 1. The van der Waals surface area contributed by atoms with Crippen LogP contribution in [-0.2, 0) is 15.0 Å². The van der Waals surface area contributed by atoms with Gasteiger partial charge >= 0.3 is 16.2 Å². The number of aliphatic carboxylic acids is 1. The first-order valence-electron chi connectivity index (χ1n) is 10.7. The van der Waals surface area contributed by atoms with Crippen LogP contribution in [0.1, 0.15) is 41.1 Å². The topological polar surface area (TPSA) is 114 Å². The van der Waals surface area contributed by atoms with Crippen molar-refractivity contribution >= 4 is 39.2 Å². The number of para-hydroxylation sites is 1. The molecule has 1 unspecified atom stereocenters. The Bertz CT molecular complexity index is 1400. The molecule has 5 rings (SSSR count). The van der Waals surface area contributed by atoms with Gasteiger partial charge in [0.2, 0.25) is 0 Å². The van der Waals surface area contributed by atoms with Crippen molar-refractivity contribution in [2.75, 3.05) is 13.1 Å². The van der Waals surface area contributed by atoms with Crippen molar-refractivity contribution in [2.24, 2.45) is 0 Å². The number of rotatable bonds is 5. The summed E-state index contributed by atoms with van der Waals surface area (Å²) in [5.74, 6) is -0.948. The molecular formula is C24H23N3O5S. The SMILES string of the molecule is O=C(O)/C=C/c1ccc2c(c1)C=CN(S(=O)(=O)N1CCCC1)C2c1c[nH]c2c(O)cccc12. The minimum Gasteiger partial charge on any atom is -0.506 e. The first-order chi connectivity index (χ1) is 15.9. The first-order valence-corrected chi connectivity index (χ1v) is 12.1. The molecule has 0 spiro atoms. The fourth-order valence-electron chi connectivity index (χ4n) is 4.59. The summed E-state index contributed by atoms with van der Waals surface area (Å²) in [5.41, 5.74) is 3.55. The molecule has 0 aliphatic carbocycles. The van der Waals surface area contributed by atoms with Gasteiger partial charge in [0.05, 0.1) is 11.6 Å². The molecule has 0 bridgehead atoms. The maximum atomic E-state index is 13.6. The van der Waals surface area contributed by atoms with Gasteiger partial charge in [0, 0.05) is 42.5 Å². The van der Waals surface area contributed by atoms with E-state index in [4.69, 9.17) is 5.11 Å². The number of aromatic amines is 1. The van der Waals surface area contributed by atoms with E-state index in [9.17, 15) is 18.3 Å². The summed E-state index contributed by atoms with van der Waals surface area (Å²) >= 11 is 0. The summed E-state index contributed by atoms with van der Waals surface area (Å²) in [6, 6.07) is 9.96. The smallest absolute Gasteiger partial charge is 0.328 e. The zero-order valence-corrected chi connectivity index (χ0v) is 18.5. The number of benzene rings is 2. The molecule has 3 heterocycles. The second-order valence-electron chi connectivity index (χ2n) is 8.17. The lowest BCUT2D eigenvalue weighted by Crippen LogP contribution is -2.42. The number of aromatic hydroxyl groups is 1. The number of H-pyrrole nitrogens is 1. The number of phenolic OH excluding ortho intramolecular Hbond substituents is 1. The van der Waals surface area contributed by atoms with Crippen molar-refractivity contribution in [1.82, 2.24) is 13.6 Å². The molecule has 3 N–H and O–H groups in total. The number of carboxylic acids is 1. The van der Waals surface area contributed by atoms with Crippen LogP contribution in [0.25, 0.3) is 23.1 Å². The van der Waals surface area contributed by atoms with E-state index in [-0.39, 0.29) is 5.75 Å². The Hall–Kier alpha value is -3.56. The van der Waals surface area contributed by atoms with Crippen LogP contribution in [0.15, 0.2) is 54.9 Å². The molecule has 2 aliphatic heterocycles. The Morgan fingerprint density at radius 3 is 2.67 bits per heavy atom. The Morgan fingerprint density at radius 2 is 1.91 bits per heavy atom. The van der Waals surface area contributed by atoms with Crippen LogP contribution in [0.2, 0.25) is 0 Å². The Balaban J connectivity index is 1.68. The van der Waals surface area contributed by atoms with Crippen LogP contribution in [0.4, 0.5) is 0 Å². The van der Waals surface area contributed by atoms with Crippen molar-refractivity contribution in [1.29, 1.82) is 0 Å². The van der Waals surface area contributed by atoms with Crippen LogP contribution in [0.5, 0.6) is 5.75 Å². The number of aromatic nitrogens is 1. The highest BCUT2D eigenvalue weighted by molar-refractivity contribution is 7.86. The molecule has 8 nitrogen and oxygen atoms in total. The molecule has 0 radical (unpaired) electrons. The average Bonchev–Trinajstić information content (AvgIpc) is 3.48. The first kappa shape index (κ1) is 21.3. The second kappa shape index (κ2) is 8.09. The summed E-state index contributed by atoms with van der Waals surface area (Å²) in [6.45, 7) is 0.972. The molecule has 1 fully saturated rings. The highest BCUT2D eigenvalue weighted by Crippen LogP contribution is 2.42. The van der Waals surface area contributed by atoms with Crippen molar-refractivity contribution in [3.05, 3.63) is 77.1 Å². The van der Waals surface area contributed by atoms with E-state index in [1.807, 2.05) is 18.2 Å². The zero-order valence-electron chi connectivity index (χ0n) is 17.7. The predicted molar refractivity (Wildman–Crippen MR) is 126 cm³/mol. The van der Waals surface area contributed by atoms with Gasteiger partial charge in [-0.3, -0.25) is 4.31 Å². The van der Waals surface area contributed by atoms with Gasteiger partial charge in [-0.1, -0.05) is 24.3 Å². The molecule has 0 saturated carbocycles. The number of hydrogen-bond donors (Lipinski definition) is 3. The monoisotopic (exact) mass is 465 g/mol. The molecule has 1 saturated heterocycles. The van der Waals surface area contributed by atoms with Crippen LogP contribution < -0.4 is 0 Å². The molecule has 3 aromatic rings. The molecule has 0 amide bonds. The summed E-state index contributed by atoms with van der Waals surface area (Å²) < 4.78 is 30.1. The van der Waals surface area contributed by atoms with E-state index in [2.05, 4.69) is 4.98 Å². The number of hydrogen-bond acceptors (Lipinski definition) is 4. The van der Waals surface area contributed by atoms with E-state index < -0.39 is 22.2 Å². The summed E-state index contributed by atoms with van der Waals surface area (Å²) in [5, 5.41) is 19.9. The molecule has 2 aromatic carbocycles. The van der Waals surface area contributed by atoms with E-state index in [0.29, 0.717) is 24.2 Å². The summed E-state index contributed by atoms with van der Waals surface area (Å²) in [4.78, 5) is 14.0. The molecule has 1 atom stereocenters. The molecule has 170 valence electrons. The second-order valence-corrected chi connectivity index (χ2v) is 10.00. The van der Waals surface area contributed by atoms with Gasteiger partial charge in [-0.2, -0.15) is 12.7 Å². The van der Waals surface area contributed by atoms with Crippen LogP contribution in [-0.4, -0.2) is 51.3 Å². The maximum Gasteiger partial charge on any atom is 0.328 e. The highest BCUT2D eigenvalue weighted by Gasteiger charge is 2.39. The third-order valence-electron chi connectivity index (χ3n) is 6.16. The average molecular weight is 466 g/mol. The molecule has 33 heavy (non-hydrogen) atoms. The highest BCUT2D eigenvalue weighted by atomic mass is 32.2. The largest absolute Gasteiger partial charge is 0.506 e. The number of fused-ring (bicyclic) bond motifs is 2. The van der Waals surface area contributed by atoms with Gasteiger partial charge in [0.25, 0.3) is 0 Å². The van der Waals surface area contributed by atoms with Crippen molar-refractivity contribution in [3.63, 3.8) is 0 Å². The van der Waals surface area contributed by atoms with Gasteiger partial charge in [-0.05, 0) is 53.8 Å². The lowest BCUT2D eigenvalue weighted by atomic mass is 9.90. The van der Waals surface area contributed by atoms with Gasteiger partial charge in [0.15, 0.2) is 0 Å². The van der Waals surface area contributed by atoms with Gasteiger partial charge in [-0.15, -0.1) is 0 Å². The lowest BCUT2D eigenvalue weighted by Gasteiger charge is -2.36. The fourth-order valence-corrected chi connectivity index (χ4v) is 6.28. The third-order valence-corrected chi connectivity index (χ3v) is 8.04. The van der Waals surface area contributed by atoms with Crippen molar-refractivity contribution in [2.45, 2.75) is 18.9 Å². The molecule has 1 aromatic heterocycles. The quantitative estimate of drug-likeness (QED) is 0.498.